The summed E-state index contributed by atoms with van der Waals surface area (Å²) in [6.45, 7) is 6.33. The molecule has 0 aromatic heterocycles. The third kappa shape index (κ3) is 4.38. The summed E-state index contributed by atoms with van der Waals surface area (Å²) in [5.74, 6) is 0.542. The van der Waals surface area contributed by atoms with Crippen molar-refractivity contribution in [2.45, 2.75) is 20.8 Å². The van der Waals surface area contributed by atoms with E-state index < -0.39 is 0 Å². The molecule has 0 aliphatic carbocycles. The van der Waals surface area contributed by atoms with Gasteiger partial charge in [-0.1, -0.05) is 30.8 Å². The summed E-state index contributed by atoms with van der Waals surface area (Å²) in [5.41, 5.74) is 1.26. The lowest BCUT2D eigenvalue weighted by atomic mass is 10.0. The molecule has 0 amide bonds. The Hall–Kier alpha value is -1.03. The third-order valence-electron chi connectivity index (χ3n) is 1.39. The zero-order valence-electron chi connectivity index (χ0n) is 7.76. The number of nitrogens with zero attached hydrogens (tertiary/aromatic N) is 1. The molecule has 0 aliphatic rings. The minimum atomic E-state index is 0.542. The van der Waals surface area contributed by atoms with Gasteiger partial charge in [0.25, 0.3) is 7.05 Å². The van der Waals surface area contributed by atoms with Crippen molar-refractivity contribution in [1.29, 1.82) is 0 Å². The summed E-state index contributed by atoms with van der Waals surface area (Å²) in [6.07, 6.45) is 6.04. The second-order valence-electron chi connectivity index (χ2n) is 2.65. The van der Waals surface area contributed by atoms with Gasteiger partial charge in [-0.2, -0.15) is 0 Å². The highest BCUT2D eigenvalue weighted by Crippen LogP contribution is 2.09. The predicted molar refractivity (Wildman–Crippen MR) is 50.9 cm³/mol. The van der Waals surface area contributed by atoms with Gasteiger partial charge < -0.3 is 0 Å². The molecule has 0 rings (SSSR count). The molecule has 0 radical (unpaired) electrons. The van der Waals surface area contributed by atoms with Gasteiger partial charge in [0.1, 0.15) is 0 Å². The molecular formula is C10H16N+. The first-order valence-corrected chi connectivity index (χ1v) is 3.89. The Morgan fingerprint density at radius 1 is 1.45 bits per heavy atom. The largest absolute Gasteiger partial charge is 0.302 e. The van der Waals surface area contributed by atoms with E-state index in [-0.39, 0.29) is 0 Å². The lowest BCUT2D eigenvalue weighted by Gasteiger charge is -2.01. The van der Waals surface area contributed by atoms with E-state index in [1.807, 2.05) is 19.1 Å². The van der Waals surface area contributed by atoms with Crippen LogP contribution < -0.4 is 0 Å². The average molecular weight is 150 g/mol. The van der Waals surface area contributed by atoms with Gasteiger partial charge in [0.05, 0.1) is 6.08 Å². The molecule has 0 aromatic carbocycles. The third-order valence-corrected chi connectivity index (χ3v) is 1.39. The Morgan fingerprint density at radius 2 is 2.09 bits per heavy atom. The van der Waals surface area contributed by atoms with E-state index in [1.54, 1.807) is 7.05 Å². The van der Waals surface area contributed by atoms with Crippen LogP contribution in [0.4, 0.5) is 0 Å². The maximum atomic E-state index is 3.78. The van der Waals surface area contributed by atoms with Crippen LogP contribution in [-0.4, -0.2) is 7.05 Å². The monoisotopic (exact) mass is 150 g/mol. The van der Waals surface area contributed by atoms with Gasteiger partial charge in [-0.05, 0) is 18.4 Å². The first-order valence-electron chi connectivity index (χ1n) is 3.89. The van der Waals surface area contributed by atoms with Crippen LogP contribution >= 0.6 is 0 Å². The highest BCUT2D eigenvalue weighted by atomic mass is 14.6. The molecule has 0 unspecified atom stereocenters. The molecule has 0 fully saturated rings. The molecule has 0 aliphatic heterocycles. The SMILES string of the molecule is CC=CC(=CC#[N+]C)C(C)C. The predicted octanol–water partition coefficient (Wildman–Crippen LogP) is 3.11. The summed E-state index contributed by atoms with van der Waals surface area (Å²) >= 11 is 0. The van der Waals surface area contributed by atoms with Crippen molar-refractivity contribution in [2.75, 3.05) is 7.05 Å². The van der Waals surface area contributed by atoms with Gasteiger partial charge in [-0.15, -0.1) is 0 Å². The van der Waals surface area contributed by atoms with Crippen molar-refractivity contribution in [3.05, 3.63) is 28.6 Å². The number of hydrogen-bond acceptors (Lipinski definition) is 0. The van der Waals surface area contributed by atoms with Gasteiger partial charge in [-0.3, -0.25) is 0 Å². The van der Waals surface area contributed by atoms with Gasteiger partial charge in [-0.25, -0.2) is 0 Å². The molecule has 60 valence electrons. The second kappa shape index (κ2) is 5.73. The van der Waals surface area contributed by atoms with Crippen LogP contribution in [0.25, 0.3) is 4.85 Å². The lowest BCUT2D eigenvalue weighted by Crippen LogP contribution is -1.88. The van der Waals surface area contributed by atoms with Crippen molar-refractivity contribution in [2.24, 2.45) is 5.92 Å². The molecule has 0 spiro atoms. The molecule has 0 heterocycles. The molecule has 11 heavy (non-hydrogen) atoms. The van der Waals surface area contributed by atoms with Gasteiger partial charge in [0.2, 0.25) is 0 Å². The molecule has 0 atom stereocenters. The van der Waals surface area contributed by atoms with E-state index in [4.69, 9.17) is 0 Å². The average Bonchev–Trinajstić information content (AvgIpc) is 1.97. The fourth-order valence-corrected chi connectivity index (χ4v) is 0.739. The van der Waals surface area contributed by atoms with Crippen molar-refractivity contribution in [3.8, 4) is 6.07 Å². The zero-order chi connectivity index (χ0) is 8.69. The molecular weight excluding hydrogens is 134 g/mol. The molecule has 0 N–H and O–H groups in total. The summed E-state index contributed by atoms with van der Waals surface area (Å²) in [7, 11) is 1.73. The molecule has 0 aromatic rings. The van der Waals surface area contributed by atoms with Crippen LogP contribution in [0.15, 0.2) is 23.8 Å². The standard InChI is InChI=1S/C10H16N/c1-5-6-10(9(2)3)7-8-11-4/h5-7,9H,1-4H3/q+1. The van der Waals surface area contributed by atoms with E-state index >= 15 is 0 Å². The number of rotatable bonds is 2. The maximum Gasteiger partial charge on any atom is 0.302 e. The van der Waals surface area contributed by atoms with Crippen LogP contribution in [0.5, 0.6) is 0 Å². The zero-order valence-corrected chi connectivity index (χ0v) is 7.76. The Labute approximate surface area is 69.2 Å². The molecule has 0 bridgehead atoms. The Morgan fingerprint density at radius 3 is 2.45 bits per heavy atom. The molecule has 1 heteroatoms. The van der Waals surface area contributed by atoms with Crippen molar-refractivity contribution in [3.63, 3.8) is 0 Å². The summed E-state index contributed by atoms with van der Waals surface area (Å²) < 4.78 is 0. The molecule has 1 nitrogen and oxygen atoms in total. The van der Waals surface area contributed by atoms with E-state index in [2.05, 4.69) is 30.8 Å². The van der Waals surface area contributed by atoms with Gasteiger partial charge in [0, 0.05) is 0 Å². The Kier molecular flexibility index (Phi) is 5.20. The smallest absolute Gasteiger partial charge is 0.0874 e. The fraction of sp³-hybridized carbons (Fsp3) is 0.500. The van der Waals surface area contributed by atoms with Crippen molar-refractivity contribution < 1.29 is 0 Å². The Balaban J connectivity index is 4.41. The minimum Gasteiger partial charge on any atom is -0.0874 e. The van der Waals surface area contributed by atoms with E-state index in [1.165, 1.54) is 5.57 Å². The molecule has 0 saturated heterocycles. The van der Waals surface area contributed by atoms with Crippen LogP contribution in [0.2, 0.25) is 0 Å². The first-order chi connectivity index (χ1) is 5.22. The van der Waals surface area contributed by atoms with Crippen molar-refractivity contribution >= 4 is 0 Å². The van der Waals surface area contributed by atoms with Crippen LogP contribution in [-0.2, 0) is 0 Å². The molecule has 0 saturated carbocycles. The quantitative estimate of drug-likeness (QED) is 0.421. The topological polar surface area (TPSA) is 4.36 Å². The lowest BCUT2D eigenvalue weighted by molar-refractivity contribution is 0.792. The summed E-state index contributed by atoms with van der Waals surface area (Å²) in [4.78, 5) is 3.78. The highest BCUT2D eigenvalue weighted by Gasteiger charge is 1.97. The number of hydrogen-bond donors (Lipinski definition) is 0. The van der Waals surface area contributed by atoms with E-state index in [0.717, 1.165) is 0 Å². The van der Waals surface area contributed by atoms with Gasteiger partial charge >= 0.3 is 6.07 Å². The van der Waals surface area contributed by atoms with E-state index in [0.29, 0.717) is 5.92 Å². The number of allylic oxidation sites excluding steroid dienone is 4. The van der Waals surface area contributed by atoms with E-state index in [9.17, 15) is 0 Å². The fourth-order valence-electron chi connectivity index (χ4n) is 0.739. The normalized spacial score (nSPS) is 11.9. The minimum absolute atomic E-state index is 0.542. The second-order valence-corrected chi connectivity index (χ2v) is 2.65. The Bertz CT molecular complexity index is 211. The summed E-state index contributed by atoms with van der Waals surface area (Å²) in [5, 5.41) is 0. The summed E-state index contributed by atoms with van der Waals surface area (Å²) in [6, 6.07) is 2.83. The van der Waals surface area contributed by atoms with Crippen LogP contribution in [0.3, 0.4) is 0 Å². The highest BCUT2D eigenvalue weighted by molar-refractivity contribution is 5.27. The van der Waals surface area contributed by atoms with Gasteiger partial charge in [0.15, 0.2) is 0 Å². The van der Waals surface area contributed by atoms with Crippen molar-refractivity contribution in [1.82, 2.24) is 0 Å². The van der Waals surface area contributed by atoms with Crippen LogP contribution in [0, 0.1) is 12.0 Å². The first kappa shape index (κ1) is 9.97. The maximum absolute atomic E-state index is 3.78. The van der Waals surface area contributed by atoms with Crippen LogP contribution in [0.1, 0.15) is 20.8 Å².